The number of nitrogens with one attached hydrogen (secondary N) is 3. The van der Waals surface area contributed by atoms with Gasteiger partial charge in [0.05, 0.1) is 0 Å². The summed E-state index contributed by atoms with van der Waals surface area (Å²) >= 11 is 0. The molecule has 1 saturated heterocycles. The van der Waals surface area contributed by atoms with E-state index in [1.54, 1.807) is 27.1 Å². The van der Waals surface area contributed by atoms with Gasteiger partial charge in [0.2, 0.25) is 0 Å². The smallest absolute Gasteiger partial charge is 0.408 e. The molecule has 0 saturated carbocycles. The van der Waals surface area contributed by atoms with Gasteiger partial charge in [-0.2, -0.15) is 0 Å². The molecule has 4 heterocycles. The van der Waals surface area contributed by atoms with Gasteiger partial charge in [-0.3, -0.25) is 0 Å². The Morgan fingerprint density at radius 1 is 1.15 bits per heavy atom. The first-order valence-corrected chi connectivity index (χ1v) is 17.5. The van der Waals surface area contributed by atoms with Gasteiger partial charge in [0.25, 0.3) is 0 Å². The molecule has 2 aromatic rings. The summed E-state index contributed by atoms with van der Waals surface area (Å²) in [5.41, 5.74) is 3.68. The Labute approximate surface area is 285 Å². The summed E-state index contributed by atoms with van der Waals surface area (Å²) in [5.74, 6) is 3.27. The molecule has 0 aromatic carbocycles. The van der Waals surface area contributed by atoms with E-state index in [2.05, 4.69) is 70.9 Å². The zero-order valence-corrected chi connectivity index (χ0v) is 29.5. The maximum Gasteiger partial charge on any atom is 0.408 e. The van der Waals surface area contributed by atoms with Gasteiger partial charge in [0.15, 0.2) is 0 Å². The molecule has 48 heavy (non-hydrogen) atoms. The largest absolute Gasteiger partial charge is 0.458 e. The van der Waals surface area contributed by atoms with Crippen molar-refractivity contribution in [2.75, 3.05) is 48.3 Å². The minimum absolute atomic E-state index is 0.0752. The van der Waals surface area contributed by atoms with E-state index in [9.17, 15) is 9.59 Å². The van der Waals surface area contributed by atoms with Gasteiger partial charge in [-0.1, -0.05) is 45.1 Å². The summed E-state index contributed by atoms with van der Waals surface area (Å²) in [6.07, 6.45) is 12.9. The quantitative estimate of drug-likeness (QED) is 0.240. The summed E-state index contributed by atoms with van der Waals surface area (Å²) in [4.78, 5) is 42.8. The monoisotopic (exact) mass is 659 g/mol. The third kappa shape index (κ3) is 9.70. The van der Waals surface area contributed by atoms with Gasteiger partial charge < -0.3 is 30.3 Å². The maximum absolute atomic E-state index is 13.3. The fraction of sp³-hybridized carbons (Fsp3) is 0.595. The van der Waals surface area contributed by atoms with Gasteiger partial charge in [0.1, 0.15) is 42.0 Å². The molecule has 0 spiro atoms. The van der Waals surface area contributed by atoms with Crippen LogP contribution < -0.4 is 20.9 Å². The molecule has 5 rings (SSSR count). The number of aryl methyl sites for hydroxylation is 1. The van der Waals surface area contributed by atoms with Crippen molar-refractivity contribution < 1.29 is 19.1 Å². The molecule has 1 amide bonds. The average molecular weight is 660 g/mol. The van der Waals surface area contributed by atoms with Crippen molar-refractivity contribution in [2.45, 2.75) is 97.6 Å². The second-order valence-electron chi connectivity index (χ2n) is 14.7. The number of carbonyl (C=O) groups is 2. The van der Waals surface area contributed by atoms with E-state index < -0.39 is 23.7 Å². The molecule has 1 fully saturated rings. The lowest BCUT2D eigenvalue weighted by atomic mass is 9.91. The van der Waals surface area contributed by atoms with Crippen LogP contribution in [0.2, 0.25) is 0 Å². The number of carbonyl (C=O) groups excluding carboxylic acids is 2. The van der Waals surface area contributed by atoms with Crippen molar-refractivity contribution in [2.24, 2.45) is 11.8 Å². The SMILES string of the molecule is CC(C)Cc1c(NC[C@H](NC(=O)OCC2=CCC(C)C=C2)C(=O)OC(C)(C)C)ncnc1N1CCC(c2ccc3c(n2)NCCC3)CC1. The van der Waals surface area contributed by atoms with Crippen LogP contribution in [-0.4, -0.2) is 71.4 Å². The molecule has 2 atom stereocenters. The van der Waals surface area contributed by atoms with Crippen LogP contribution in [0.4, 0.5) is 22.2 Å². The van der Waals surface area contributed by atoms with Crippen molar-refractivity contribution >= 4 is 29.5 Å². The van der Waals surface area contributed by atoms with E-state index in [1.165, 1.54) is 5.56 Å². The number of piperidine rings is 1. The van der Waals surface area contributed by atoms with Crippen molar-refractivity contribution in [3.8, 4) is 0 Å². The van der Waals surface area contributed by atoms with Crippen LogP contribution in [0.5, 0.6) is 0 Å². The number of fused-ring (bicyclic) bond motifs is 1. The van der Waals surface area contributed by atoms with Crippen LogP contribution in [-0.2, 0) is 27.1 Å². The maximum atomic E-state index is 13.3. The summed E-state index contributed by atoms with van der Waals surface area (Å²) in [6.45, 7) is 14.8. The number of rotatable bonds is 11. The van der Waals surface area contributed by atoms with Crippen LogP contribution in [0.15, 0.2) is 42.3 Å². The first-order valence-electron chi connectivity index (χ1n) is 17.5. The number of nitrogens with zero attached hydrogens (tertiary/aromatic N) is 4. The van der Waals surface area contributed by atoms with Gasteiger partial charge >= 0.3 is 12.1 Å². The molecule has 260 valence electrons. The number of ether oxygens (including phenoxy) is 2. The highest BCUT2D eigenvalue weighted by Gasteiger charge is 2.30. The Hall–Kier alpha value is -4.15. The number of amides is 1. The van der Waals surface area contributed by atoms with E-state index in [4.69, 9.17) is 19.4 Å². The molecule has 11 nitrogen and oxygen atoms in total. The molecule has 2 aliphatic heterocycles. The third-order valence-electron chi connectivity index (χ3n) is 8.88. The number of pyridine rings is 1. The standard InChI is InChI=1S/C37H53N7O4/c1-24(2)20-29-33(39-21-31(35(45)48-37(4,5)6)43-36(46)47-22-26-11-9-25(3)10-12-26)40-23-41-34(29)44-18-15-27(16-19-44)30-14-13-28-8-7-17-38-32(28)42-30/h9,11-14,23-25,27,31H,7-8,10,15-22H2,1-6H3,(H,38,42)(H,43,46)(H,39,40,41)/t25?,31-/m0/s1. The van der Waals surface area contributed by atoms with Crippen LogP contribution in [0.25, 0.3) is 0 Å². The number of esters is 1. The molecule has 1 aliphatic carbocycles. The molecule has 3 N–H and O–H groups in total. The van der Waals surface area contributed by atoms with Crippen molar-refractivity contribution in [3.05, 3.63) is 59.1 Å². The number of anilines is 3. The van der Waals surface area contributed by atoms with Gasteiger partial charge in [-0.25, -0.2) is 24.5 Å². The van der Waals surface area contributed by atoms with Gasteiger partial charge in [0, 0.05) is 43.4 Å². The zero-order valence-electron chi connectivity index (χ0n) is 29.5. The first kappa shape index (κ1) is 35.2. The summed E-state index contributed by atoms with van der Waals surface area (Å²) in [6, 6.07) is 3.45. The van der Waals surface area contributed by atoms with Crippen LogP contribution >= 0.6 is 0 Å². The van der Waals surface area contributed by atoms with Gasteiger partial charge in [-0.15, -0.1) is 0 Å². The predicted molar refractivity (Wildman–Crippen MR) is 189 cm³/mol. The van der Waals surface area contributed by atoms with Crippen LogP contribution in [0, 0.1) is 11.8 Å². The molecule has 11 heteroatoms. The van der Waals surface area contributed by atoms with Crippen molar-refractivity contribution in [1.29, 1.82) is 0 Å². The number of alkyl carbamates (subject to hydrolysis) is 1. The normalized spacial score (nSPS) is 18.8. The predicted octanol–water partition coefficient (Wildman–Crippen LogP) is 6.18. The Morgan fingerprint density at radius 2 is 1.94 bits per heavy atom. The number of aromatic nitrogens is 3. The lowest BCUT2D eigenvalue weighted by Gasteiger charge is -2.34. The number of allylic oxidation sites excluding steroid dienone is 2. The fourth-order valence-corrected chi connectivity index (χ4v) is 6.36. The highest BCUT2D eigenvalue weighted by atomic mass is 16.6. The average Bonchev–Trinajstić information content (AvgIpc) is 3.05. The molecule has 3 aliphatic rings. The van der Waals surface area contributed by atoms with E-state index in [0.717, 1.165) is 86.6 Å². The minimum atomic E-state index is -0.993. The lowest BCUT2D eigenvalue weighted by Crippen LogP contribution is -2.48. The summed E-state index contributed by atoms with van der Waals surface area (Å²) in [5, 5.41) is 9.55. The lowest BCUT2D eigenvalue weighted by molar-refractivity contribution is -0.156. The van der Waals surface area contributed by atoms with Crippen molar-refractivity contribution in [3.63, 3.8) is 0 Å². The molecule has 0 bridgehead atoms. The topological polar surface area (TPSA) is 131 Å². The van der Waals surface area contributed by atoms with E-state index in [-0.39, 0.29) is 13.2 Å². The first-order chi connectivity index (χ1) is 22.9. The minimum Gasteiger partial charge on any atom is -0.458 e. The summed E-state index contributed by atoms with van der Waals surface area (Å²) < 4.78 is 11.1. The molecular formula is C37H53N7O4. The Balaban J connectivity index is 1.26. The number of hydrogen-bond acceptors (Lipinski definition) is 10. The van der Waals surface area contributed by atoms with E-state index >= 15 is 0 Å². The molecule has 1 unspecified atom stereocenters. The second kappa shape index (κ2) is 15.8. The zero-order chi connectivity index (χ0) is 34.3. The van der Waals surface area contributed by atoms with Gasteiger partial charge in [-0.05, 0) is 88.3 Å². The number of hydrogen-bond donors (Lipinski definition) is 3. The Kier molecular flexibility index (Phi) is 11.6. The molecule has 0 radical (unpaired) electrons. The highest BCUT2D eigenvalue weighted by molar-refractivity contribution is 5.82. The Bertz CT molecular complexity index is 1490. The van der Waals surface area contributed by atoms with E-state index in [1.807, 2.05) is 6.08 Å². The van der Waals surface area contributed by atoms with E-state index in [0.29, 0.717) is 23.6 Å². The van der Waals surface area contributed by atoms with Crippen LogP contribution in [0.1, 0.15) is 90.0 Å². The Morgan fingerprint density at radius 3 is 2.65 bits per heavy atom. The second-order valence-corrected chi connectivity index (χ2v) is 14.7. The fourth-order valence-electron chi connectivity index (χ4n) is 6.36. The van der Waals surface area contributed by atoms with Crippen molar-refractivity contribution in [1.82, 2.24) is 20.3 Å². The molecular weight excluding hydrogens is 606 g/mol. The third-order valence-corrected chi connectivity index (χ3v) is 8.88. The highest BCUT2D eigenvalue weighted by Crippen LogP contribution is 2.34. The van der Waals surface area contributed by atoms with Crippen LogP contribution in [0.3, 0.4) is 0 Å². The summed E-state index contributed by atoms with van der Waals surface area (Å²) in [7, 11) is 0. The molecule has 2 aromatic heterocycles.